The van der Waals surface area contributed by atoms with Gasteiger partial charge in [-0.25, -0.2) is 8.42 Å². The van der Waals surface area contributed by atoms with Crippen LogP contribution in [0, 0.1) is 6.92 Å². The molecule has 2 rings (SSSR count). The first kappa shape index (κ1) is 12.6. The molecule has 0 bridgehead atoms. The molecule has 2 aromatic heterocycles. The first-order valence-corrected chi connectivity index (χ1v) is 6.73. The summed E-state index contributed by atoms with van der Waals surface area (Å²) in [5.41, 5.74) is 1.33. The molecule has 0 unspecified atom stereocenters. The van der Waals surface area contributed by atoms with Crippen molar-refractivity contribution in [1.29, 1.82) is 0 Å². The lowest BCUT2D eigenvalue weighted by Gasteiger charge is -2.06. The van der Waals surface area contributed by atoms with Gasteiger partial charge in [0.05, 0.1) is 23.3 Å². The van der Waals surface area contributed by atoms with E-state index in [9.17, 15) is 8.42 Å². The molecule has 0 saturated heterocycles. The Morgan fingerprint density at radius 1 is 1.44 bits per heavy atom. The van der Waals surface area contributed by atoms with Gasteiger partial charge in [0, 0.05) is 12.7 Å². The van der Waals surface area contributed by atoms with Gasteiger partial charge in [-0.1, -0.05) is 0 Å². The van der Waals surface area contributed by atoms with Crippen LogP contribution in [0.1, 0.15) is 11.4 Å². The van der Waals surface area contributed by atoms with Crippen molar-refractivity contribution in [3.05, 3.63) is 23.8 Å². The summed E-state index contributed by atoms with van der Waals surface area (Å²) in [5, 5.41) is 15.7. The standard InChI is InChI=1S/C9H14N6O2S/c1-6-9(8(5-10-2)14-13-6)18(16,17)15-7-3-11-12-4-7/h3-4,10,15H,5H2,1-2H3,(H,11,12)(H,13,14). The van der Waals surface area contributed by atoms with Crippen LogP contribution in [0.25, 0.3) is 0 Å². The molecule has 98 valence electrons. The van der Waals surface area contributed by atoms with Crippen molar-refractivity contribution in [2.45, 2.75) is 18.4 Å². The molecule has 0 spiro atoms. The van der Waals surface area contributed by atoms with Crippen molar-refractivity contribution in [2.75, 3.05) is 11.8 Å². The molecule has 0 aliphatic carbocycles. The van der Waals surface area contributed by atoms with Gasteiger partial charge in [-0.05, 0) is 14.0 Å². The SMILES string of the molecule is CNCc1n[nH]c(C)c1S(=O)(=O)Nc1cn[nH]c1. The Bertz CT molecular complexity index is 616. The van der Waals surface area contributed by atoms with Crippen molar-refractivity contribution < 1.29 is 8.42 Å². The Morgan fingerprint density at radius 2 is 2.22 bits per heavy atom. The van der Waals surface area contributed by atoms with Gasteiger partial charge >= 0.3 is 0 Å². The number of aromatic amines is 2. The van der Waals surface area contributed by atoms with E-state index in [-0.39, 0.29) is 4.90 Å². The Kier molecular flexibility index (Phi) is 3.34. The van der Waals surface area contributed by atoms with Crippen molar-refractivity contribution in [2.24, 2.45) is 0 Å². The van der Waals surface area contributed by atoms with Crippen LogP contribution < -0.4 is 10.0 Å². The van der Waals surface area contributed by atoms with Gasteiger partial charge in [0.25, 0.3) is 10.0 Å². The topological polar surface area (TPSA) is 116 Å². The number of anilines is 1. The summed E-state index contributed by atoms with van der Waals surface area (Å²) in [4.78, 5) is 0.165. The van der Waals surface area contributed by atoms with Crippen LogP contribution in [0.3, 0.4) is 0 Å². The van der Waals surface area contributed by atoms with Crippen molar-refractivity contribution in [1.82, 2.24) is 25.7 Å². The molecule has 8 nitrogen and oxygen atoms in total. The Labute approximate surface area is 104 Å². The zero-order chi connectivity index (χ0) is 13.2. The molecule has 0 aromatic carbocycles. The predicted molar refractivity (Wildman–Crippen MR) is 65.5 cm³/mol. The highest BCUT2D eigenvalue weighted by atomic mass is 32.2. The summed E-state index contributed by atoms with van der Waals surface area (Å²) in [7, 11) is -1.94. The van der Waals surface area contributed by atoms with Gasteiger partial charge in [-0.2, -0.15) is 10.2 Å². The van der Waals surface area contributed by atoms with Crippen LogP contribution in [-0.4, -0.2) is 35.9 Å². The monoisotopic (exact) mass is 270 g/mol. The first-order chi connectivity index (χ1) is 8.54. The third kappa shape index (κ3) is 2.36. The molecular weight excluding hydrogens is 256 g/mol. The Hall–Kier alpha value is -1.87. The number of hydrogen-bond donors (Lipinski definition) is 4. The van der Waals surface area contributed by atoms with Gasteiger partial charge in [-0.15, -0.1) is 0 Å². The van der Waals surface area contributed by atoms with E-state index in [4.69, 9.17) is 0 Å². The Morgan fingerprint density at radius 3 is 2.83 bits per heavy atom. The summed E-state index contributed by atoms with van der Waals surface area (Å²) < 4.78 is 26.9. The second kappa shape index (κ2) is 4.78. The Balaban J connectivity index is 2.37. The van der Waals surface area contributed by atoms with Crippen LogP contribution in [-0.2, 0) is 16.6 Å². The van der Waals surface area contributed by atoms with E-state index in [1.807, 2.05) is 0 Å². The lowest BCUT2D eigenvalue weighted by Crippen LogP contribution is -2.17. The molecule has 0 saturated carbocycles. The zero-order valence-electron chi connectivity index (χ0n) is 9.98. The van der Waals surface area contributed by atoms with Crippen LogP contribution in [0.2, 0.25) is 0 Å². The fraction of sp³-hybridized carbons (Fsp3) is 0.333. The van der Waals surface area contributed by atoms with E-state index in [1.54, 1.807) is 14.0 Å². The van der Waals surface area contributed by atoms with E-state index in [1.165, 1.54) is 12.4 Å². The van der Waals surface area contributed by atoms with Gasteiger partial charge in [0.2, 0.25) is 0 Å². The molecule has 2 heterocycles. The number of nitrogens with one attached hydrogen (secondary N) is 4. The third-order valence-electron chi connectivity index (χ3n) is 2.32. The number of aromatic nitrogens is 4. The van der Waals surface area contributed by atoms with Gasteiger partial charge in [0.1, 0.15) is 4.90 Å². The maximum atomic E-state index is 12.2. The van der Waals surface area contributed by atoms with Crippen LogP contribution >= 0.6 is 0 Å². The number of aryl methyl sites for hydroxylation is 1. The van der Waals surface area contributed by atoms with Crippen molar-refractivity contribution in [3.63, 3.8) is 0 Å². The predicted octanol–water partition coefficient (Wildman–Crippen LogP) is -0.0386. The molecule has 18 heavy (non-hydrogen) atoms. The average Bonchev–Trinajstić information content (AvgIpc) is 2.89. The fourth-order valence-corrected chi connectivity index (χ4v) is 3.03. The van der Waals surface area contributed by atoms with Crippen molar-refractivity contribution >= 4 is 15.7 Å². The van der Waals surface area contributed by atoms with E-state index in [0.717, 1.165) is 0 Å². The summed E-state index contributed by atoms with van der Waals surface area (Å²) in [6, 6.07) is 0. The summed E-state index contributed by atoms with van der Waals surface area (Å²) in [6.07, 6.45) is 2.86. The van der Waals surface area contributed by atoms with E-state index in [0.29, 0.717) is 23.6 Å². The van der Waals surface area contributed by atoms with Gasteiger partial charge in [-0.3, -0.25) is 14.9 Å². The summed E-state index contributed by atoms with van der Waals surface area (Å²) in [5.74, 6) is 0. The maximum absolute atomic E-state index is 12.2. The largest absolute Gasteiger partial charge is 0.314 e. The summed E-state index contributed by atoms with van der Waals surface area (Å²) in [6.45, 7) is 2.03. The normalized spacial score (nSPS) is 11.7. The number of sulfonamides is 1. The quantitative estimate of drug-likeness (QED) is 0.608. The van der Waals surface area contributed by atoms with Gasteiger partial charge in [0.15, 0.2) is 0 Å². The maximum Gasteiger partial charge on any atom is 0.265 e. The molecule has 0 radical (unpaired) electrons. The molecule has 0 aliphatic heterocycles. The third-order valence-corrected chi connectivity index (χ3v) is 3.91. The molecule has 2 aromatic rings. The number of nitrogens with zero attached hydrogens (tertiary/aromatic N) is 2. The molecule has 0 atom stereocenters. The second-order valence-corrected chi connectivity index (χ2v) is 5.37. The minimum absolute atomic E-state index is 0.165. The molecule has 0 aliphatic rings. The lowest BCUT2D eigenvalue weighted by molar-refractivity contribution is 0.598. The second-order valence-electron chi connectivity index (χ2n) is 3.75. The van der Waals surface area contributed by atoms with E-state index in [2.05, 4.69) is 30.4 Å². The smallest absolute Gasteiger partial charge is 0.265 e. The lowest BCUT2D eigenvalue weighted by atomic mass is 10.4. The van der Waals surface area contributed by atoms with Gasteiger partial charge < -0.3 is 5.32 Å². The zero-order valence-corrected chi connectivity index (χ0v) is 10.8. The number of rotatable bonds is 5. The molecular formula is C9H14N6O2S. The highest BCUT2D eigenvalue weighted by molar-refractivity contribution is 7.92. The van der Waals surface area contributed by atoms with Crippen molar-refractivity contribution in [3.8, 4) is 0 Å². The van der Waals surface area contributed by atoms with Crippen LogP contribution in [0.4, 0.5) is 5.69 Å². The number of H-pyrrole nitrogens is 2. The summed E-state index contributed by atoms with van der Waals surface area (Å²) >= 11 is 0. The fourth-order valence-electron chi connectivity index (χ4n) is 1.63. The highest BCUT2D eigenvalue weighted by Crippen LogP contribution is 2.20. The van der Waals surface area contributed by atoms with E-state index >= 15 is 0 Å². The average molecular weight is 270 g/mol. The molecule has 0 amide bonds. The minimum Gasteiger partial charge on any atom is -0.314 e. The molecule has 0 fully saturated rings. The van der Waals surface area contributed by atoms with Crippen LogP contribution in [0.15, 0.2) is 17.3 Å². The number of hydrogen-bond acceptors (Lipinski definition) is 5. The molecule has 9 heteroatoms. The van der Waals surface area contributed by atoms with Crippen LogP contribution in [0.5, 0.6) is 0 Å². The minimum atomic E-state index is -3.67. The molecule has 4 N–H and O–H groups in total. The van der Waals surface area contributed by atoms with E-state index < -0.39 is 10.0 Å². The highest BCUT2D eigenvalue weighted by Gasteiger charge is 2.24. The first-order valence-electron chi connectivity index (χ1n) is 5.24.